The molecule has 0 aliphatic rings. The summed E-state index contributed by atoms with van der Waals surface area (Å²) in [5, 5.41) is 12.7. The molecule has 4 nitrogen and oxygen atoms in total. The van der Waals surface area contributed by atoms with Crippen LogP contribution in [0.5, 0.6) is 0 Å². The van der Waals surface area contributed by atoms with Gasteiger partial charge in [-0.2, -0.15) is 5.10 Å². The van der Waals surface area contributed by atoms with E-state index in [1.54, 1.807) is 20.2 Å². The fourth-order valence-corrected chi connectivity index (χ4v) is 1.32. The summed E-state index contributed by atoms with van der Waals surface area (Å²) >= 11 is 0. The molecular formula is C12H16N2O2. The zero-order valence-corrected chi connectivity index (χ0v) is 9.47. The van der Waals surface area contributed by atoms with Crippen LogP contribution in [-0.2, 0) is 11.2 Å². The summed E-state index contributed by atoms with van der Waals surface area (Å²) in [6, 6.07) is 7.70. The van der Waals surface area contributed by atoms with Crippen molar-refractivity contribution in [1.29, 1.82) is 0 Å². The number of benzene rings is 1. The topological polar surface area (TPSA) is 61.7 Å². The average molecular weight is 220 g/mol. The van der Waals surface area contributed by atoms with Gasteiger partial charge in [0.15, 0.2) is 0 Å². The van der Waals surface area contributed by atoms with Crippen molar-refractivity contribution in [3.8, 4) is 0 Å². The van der Waals surface area contributed by atoms with E-state index >= 15 is 0 Å². The van der Waals surface area contributed by atoms with Gasteiger partial charge in [-0.1, -0.05) is 31.2 Å². The lowest BCUT2D eigenvalue weighted by Gasteiger charge is -2.05. The molecule has 1 unspecified atom stereocenters. The highest BCUT2D eigenvalue weighted by molar-refractivity contribution is 5.79. The smallest absolute Gasteiger partial charge is 0.306 e. The van der Waals surface area contributed by atoms with E-state index in [9.17, 15) is 4.79 Å². The Morgan fingerprint density at radius 3 is 2.62 bits per heavy atom. The molecule has 0 saturated heterocycles. The van der Waals surface area contributed by atoms with Crippen LogP contribution in [0.25, 0.3) is 0 Å². The maximum Gasteiger partial charge on any atom is 0.306 e. The first kappa shape index (κ1) is 12.2. The van der Waals surface area contributed by atoms with E-state index in [2.05, 4.69) is 10.5 Å². The summed E-state index contributed by atoms with van der Waals surface area (Å²) in [7, 11) is 1.74. The third-order valence-electron chi connectivity index (χ3n) is 2.29. The van der Waals surface area contributed by atoms with E-state index in [0.717, 1.165) is 11.1 Å². The van der Waals surface area contributed by atoms with Crippen molar-refractivity contribution in [1.82, 2.24) is 5.43 Å². The van der Waals surface area contributed by atoms with Crippen molar-refractivity contribution in [2.45, 2.75) is 13.3 Å². The van der Waals surface area contributed by atoms with Crippen LogP contribution in [0.15, 0.2) is 29.4 Å². The average Bonchev–Trinajstić information content (AvgIpc) is 2.28. The number of hydrogen-bond acceptors (Lipinski definition) is 3. The Balaban J connectivity index is 2.64. The fourth-order valence-electron chi connectivity index (χ4n) is 1.32. The van der Waals surface area contributed by atoms with Gasteiger partial charge in [-0.25, -0.2) is 0 Å². The highest BCUT2D eigenvalue weighted by atomic mass is 16.4. The van der Waals surface area contributed by atoms with Gasteiger partial charge in [0.2, 0.25) is 0 Å². The Morgan fingerprint density at radius 1 is 1.50 bits per heavy atom. The van der Waals surface area contributed by atoms with Crippen LogP contribution >= 0.6 is 0 Å². The van der Waals surface area contributed by atoms with Crippen LogP contribution in [-0.4, -0.2) is 24.3 Å². The fraction of sp³-hybridized carbons (Fsp3) is 0.333. The quantitative estimate of drug-likeness (QED) is 0.584. The zero-order valence-electron chi connectivity index (χ0n) is 9.47. The lowest BCUT2D eigenvalue weighted by atomic mass is 10.0. The number of hydrogen-bond donors (Lipinski definition) is 2. The van der Waals surface area contributed by atoms with Crippen molar-refractivity contribution in [3.05, 3.63) is 35.4 Å². The molecular weight excluding hydrogens is 204 g/mol. The lowest BCUT2D eigenvalue weighted by Crippen LogP contribution is -2.12. The molecule has 0 aliphatic heterocycles. The first-order chi connectivity index (χ1) is 7.63. The van der Waals surface area contributed by atoms with Gasteiger partial charge in [-0.15, -0.1) is 0 Å². The number of rotatable bonds is 5. The minimum Gasteiger partial charge on any atom is -0.481 e. The Hall–Kier alpha value is -1.84. The maximum absolute atomic E-state index is 10.7. The molecule has 4 heteroatoms. The van der Waals surface area contributed by atoms with Crippen molar-refractivity contribution in [2.75, 3.05) is 7.05 Å². The number of hydrazone groups is 1. The second-order valence-electron chi connectivity index (χ2n) is 3.67. The van der Waals surface area contributed by atoms with E-state index in [1.807, 2.05) is 24.3 Å². The number of carboxylic acids is 1. The van der Waals surface area contributed by atoms with Crippen molar-refractivity contribution < 1.29 is 9.90 Å². The van der Waals surface area contributed by atoms with Crippen LogP contribution in [0, 0.1) is 5.92 Å². The standard InChI is InChI=1S/C12H16N2O2/c1-9(12(15)16)7-10-3-5-11(6-4-10)8-14-13-2/h3-6,8-9,13H,7H2,1-2H3,(H,15,16)/b14-8+. The summed E-state index contributed by atoms with van der Waals surface area (Å²) in [5.41, 5.74) is 4.68. The predicted molar refractivity (Wildman–Crippen MR) is 63.6 cm³/mol. The number of carbonyl (C=O) groups is 1. The summed E-state index contributed by atoms with van der Waals surface area (Å²) < 4.78 is 0. The summed E-state index contributed by atoms with van der Waals surface area (Å²) in [4.78, 5) is 10.7. The second-order valence-corrected chi connectivity index (χ2v) is 3.67. The highest BCUT2D eigenvalue weighted by Crippen LogP contribution is 2.09. The van der Waals surface area contributed by atoms with Crippen LogP contribution in [0.2, 0.25) is 0 Å². The molecule has 0 aromatic heterocycles. The van der Waals surface area contributed by atoms with E-state index in [1.165, 1.54) is 0 Å². The molecule has 1 rings (SSSR count). The Labute approximate surface area is 95.0 Å². The molecule has 0 spiro atoms. The van der Waals surface area contributed by atoms with Gasteiger partial charge in [-0.3, -0.25) is 4.79 Å². The lowest BCUT2D eigenvalue weighted by molar-refractivity contribution is -0.141. The number of nitrogens with one attached hydrogen (secondary N) is 1. The third-order valence-corrected chi connectivity index (χ3v) is 2.29. The number of aliphatic carboxylic acids is 1. The van der Waals surface area contributed by atoms with E-state index in [4.69, 9.17) is 5.11 Å². The number of carboxylic acid groups (broad SMARTS) is 1. The largest absolute Gasteiger partial charge is 0.481 e. The van der Waals surface area contributed by atoms with Crippen LogP contribution in [0.1, 0.15) is 18.1 Å². The highest BCUT2D eigenvalue weighted by Gasteiger charge is 2.10. The normalized spacial score (nSPS) is 12.6. The third kappa shape index (κ3) is 3.73. The minimum absolute atomic E-state index is 0.350. The first-order valence-corrected chi connectivity index (χ1v) is 5.15. The maximum atomic E-state index is 10.7. The summed E-state index contributed by atoms with van der Waals surface area (Å²) in [6.07, 6.45) is 2.27. The van der Waals surface area contributed by atoms with Gasteiger partial charge in [0.25, 0.3) is 0 Å². The van der Waals surface area contributed by atoms with Gasteiger partial charge in [0.05, 0.1) is 12.1 Å². The molecule has 1 aromatic carbocycles. The molecule has 0 heterocycles. The first-order valence-electron chi connectivity index (χ1n) is 5.15. The molecule has 0 saturated carbocycles. The Bertz CT molecular complexity index is 371. The molecule has 16 heavy (non-hydrogen) atoms. The van der Waals surface area contributed by atoms with Crippen LogP contribution in [0.3, 0.4) is 0 Å². The van der Waals surface area contributed by atoms with Gasteiger partial charge < -0.3 is 10.5 Å². The monoisotopic (exact) mass is 220 g/mol. The number of nitrogens with zero attached hydrogens (tertiary/aromatic N) is 1. The molecule has 2 N–H and O–H groups in total. The minimum atomic E-state index is -0.763. The van der Waals surface area contributed by atoms with E-state index in [0.29, 0.717) is 6.42 Å². The second kappa shape index (κ2) is 5.90. The molecule has 0 radical (unpaired) electrons. The Morgan fingerprint density at radius 2 is 2.12 bits per heavy atom. The molecule has 0 bridgehead atoms. The molecule has 1 aromatic rings. The van der Waals surface area contributed by atoms with Gasteiger partial charge in [0.1, 0.15) is 0 Å². The zero-order chi connectivity index (χ0) is 12.0. The molecule has 1 atom stereocenters. The van der Waals surface area contributed by atoms with E-state index in [-0.39, 0.29) is 5.92 Å². The summed E-state index contributed by atoms with van der Waals surface area (Å²) in [6.45, 7) is 1.71. The van der Waals surface area contributed by atoms with Crippen molar-refractivity contribution in [3.63, 3.8) is 0 Å². The van der Waals surface area contributed by atoms with Crippen molar-refractivity contribution >= 4 is 12.2 Å². The summed E-state index contributed by atoms with van der Waals surface area (Å²) in [5.74, 6) is -1.11. The van der Waals surface area contributed by atoms with Gasteiger partial charge in [-0.05, 0) is 17.5 Å². The van der Waals surface area contributed by atoms with Crippen molar-refractivity contribution in [2.24, 2.45) is 11.0 Å². The molecule has 0 fully saturated rings. The van der Waals surface area contributed by atoms with Crippen LogP contribution in [0.4, 0.5) is 0 Å². The van der Waals surface area contributed by atoms with E-state index < -0.39 is 5.97 Å². The van der Waals surface area contributed by atoms with Crippen LogP contribution < -0.4 is 5.43 Å². The molecule has 86 valence electrons. The molecule has 0 aliphatic carbocycles. The van der Waals surface area contributed by atoms with Gasteiger partial charge >= 0.3 is 5.97 Å². The van der Waals surface area contributed by atoms with Gasteiger partial charge in [0, 0.05) is 7.05 Å². The molecule has 0 amide bonds. The Kier molecular flexibility index (Phi) is 4.51. The SMILES string of the molecule is CN/N=C/c1ccc(CC(C)C(=O)O)cc1. The predicted octanol–water partition coefficient (Wildman–Crippen LogP) is 1.50.